The van der Waals surface area contributed by atoms with Gasteiger partial charge in [0.15, 0.2) is 11.6 Å². The van der Waals surface area contributed by atoms with Crippen molar-refractivity contribution in [2.75, 3.05) is 45.9 Å². The molecule has 196 valence electrons. The molecule has 0 aliphatic carbocycles. The van der Waals surface area contributed by atoms with E-state index in [2.05, 4.69) is 46.3 Å². The molecule has 0 aromatic heterocycles. The molecular weight excluding hydrogens is 469 g/mol. The van der Waals surface area contributed by atoms with Gasteiger partial charge in [0.1, 0.15) is 12.7 Å². The van der Waals surface area contributed by atoms with E-state index >= 15 is 0 Å². The summed E-state index contributed by atoms with van der Waals surface area (Å²) in [5.41, 5.74) is 2.35. The van der Waals surface area contributed by atoms with E-state index in [1.807, 2.05) is 36.4 Å². The van der Waals surface area contributed by atoms with Gasteiger partial charge in [0, 0.05) is 44.7 Å². The van der Waals surface area contributed by atoms with Crippen LogP contribution in [0.1, 0.15) is 24.0 Å². The van der Waals surface area contributed by atoms with Gasteiger partial charge in [0.05, 0.1) is 6.54 Å². The quantitative estimate of drug-likeness (QED) is 0.418. The Morgan fingerprint density at radius 3 is 2.24 bits per heavy atom. The molecule has 2 atom stereocenters. The number of piperazine rings is 1. The summed E-state index contributed by atoms with van der Waals surface area (Å²) in [5.74, 6) is -0.188. The smallest absolute Gasteiger partial charge is 0.234 e. The number of aliphatic hydroxyl groups excluding tert-OH is 1. The van der Waals surface area contributed by atoms with Gasteiger partial charge in [-0.15, -0.1) is 0 Å². The highest BCUT2D eigenvalue weighted by molar-refractivity contribution is 5.78. The number of benzene rings is 3. The summed E-state index contributed by atoms with van der Waals surface area (Å²) < 4.78 is 19.2. The summed E-state index contributed by atoms with van der Waals surface area (Å²) in [7, 11) is 0. The zero-order valence-corrected chi connectivity index (χ0v) is 21.3. The molecule has 1 heterocycles. The van der Waals surface area contributed by atoms with Crippen LogP contribution in [0.4, 0.5) is 4.39 Å². The van der Waals surface area contributed by atoms with E-state index in [4.69, 9.17) is 4.74 Å². The summed E-state index contributed by atoms with van der Waals surface area (Å²) in [4.78, 5) is 17.2. The normalized spacial score (nSPS) is 17.5. The predicted octanol–water partition coefficient (Wildman–Crippen LogP) is 3.52. The van der Waals surface area contributed by atoms with Crippen molar-refractivity contribution in [3.8, 4) is 5.75 Å². The largest absolute Gasteiger partial charge is 0.488 e. The van der Waals surface area contributed by atoms with Crippen LogP contribution in [0.25, 0.3) is 0 Å². The first-order chi connectivity index (χ1) is 18.0. The predicted molar refractivity (Wildman–Crippen MR) is 143 cm³/mol. The van der Waals surface area contributed by atoms with Crippen molar-refractivity contribution in [1.82, 2.24) is 15.1 Å². The number of rotatable bonds is 11. The molecule has 1 amide bonds. The highest BCUT2D eigenvalue weighted by atomic mass is 19.1. The van der Waals surface area contributed by atoms with Crippen LogP contribution in [0.2, 0.25) is 0 Å². The number of aliphatic hydroxyl groups is 1. The lowest BCUT2D eigenvalue weighted by molar-refractivity contribution is -0.123. The number of nitrogens with one attached hydrogen (secondary N) is 1. The van der Waals surface area contributed by atoms with E-state index in [1.54, 1.807) is 18.2 Å². The Morgan fingerprint density at radius 2 is 1.62 bits per heavy atom. The summed E-state index contributed by atoms with van der Waals surface area (Å²) in [6, 6.07) is 26.9. The molecule has 3 aromatic carbocycles. The lowest BCUT2D eigenvalue weighted by atomic mass is 9.91. The van der Waals surface area contributed by atoms with E-state index in [9.17, 15) is 14.3 Å². The van der Waals surface area contributed by atoms with Crippen LogP contribution in [0.15, 0.2) is 84.9 Å². The van der Waals surface area contributed by atoms with Crippen molar-refractivity contribution < 1.29 is 19.0 Å². The number of hydrogen-bond donors (Lipinski definition) is 2. The fourth-order valence-electron chi connectivity index (χ4n) is 4.83. The SMILES string of the molecule is CC1CN(CC(=O)NCC(c2ccccc2)c2ccccc2)CCN1CC(O)COc1ccccc1F. The van der Waals surface area contributed by atoms with Gasteiger partial charge < -0.3 is 15.2 Å². The lowest BCUT2D eigenvalue weighted by Gasteiger charge is -2.40. The van der Waals surface area contributed by atoms with Crippen molar-refractivity contribution in [3.05, 3.63) is 102 Å². The van der Waals surface area contributed by atoms with E-state index in [1.165, 1.54) is 17.2 Å². The fraction of sp³-hybridized carbons (Fsp3) is 0.367. The molecule has 0 radical (unpaired) electrons. The maximum Gasteiger partial charge on any atom is 0.234 e. The lowest BCUT2D eigenvalue weighted by Crippen LogP contribution is -2.55. The number of amides is 1. The fourth-order valence-corrected chi connectivity index (χ4v) is 4.83. The van der Waals surface area contributed by atoms with Gasteiger partial charge in [0.2, 0.25) is 5.91 Å². The molecule has 0 spiro atoms. The molecule has 37 heavy (non-hydrogen) atoms. The van der Waals surface area contributed by atoms with Crippen LogP contribution in [-0.2, 0) is 4.79 Å². The van der Waals surface area contributed by atoms with Gasteiger partial charge in [-0.3, -0.25) is 14.6 Å². The van der Waals surface area contributed by atoms with Crippen LogP contribution in [0.3, 0.4) is 0 Å². The zero-order valence-electron chi connectivity index (χ0n) is 21.3. The number of ether oxygens (including phenoxy) is 1. The molecule has 0 bridgehead atoms. The Labute approximate surface area is 218 Å². The minimum Gasteiger partial charge on any atom is -0.488 e. The number of β-amino-alcohol motifs (C(OH)–C–C–N with tert-alkyl or cyclic N) is 1. The number of halogens is 1. The monoisotopic (exact) mass is 505 g/mol. The highest BCUT2D eigenvalue weighted by Crippen LogP contribution is 2.23. The van der Waals surface area contributed by atoms with Gasteiger partial charge in [-0.05, 0) is 30.2 Å². The average Bonchev–Trinajstić information content (AvgIpc) is 2.91. The molecule has 2 N–H and O–H groups in total. The molecule has 0 saturated carbocycles. The van der Waals surface area contributed by atoms with Crippen LogP contribution in [-0.4, -0.2) is 78.8 Å². The Bertz CT molecular complexity index is 1080. The number of carbonyl (C=O) groups is 1. The Kier molecular flexibility index (Phi) is 9.65. The van der Waals surface area contributed by atoms with Gasteiger partial charge in [0.25, 0.3) is 0 Å². The molecule has 7 heteroatoms. The summed E-state index contributed by atoms with van der Waals surface area (Å²) in [6.45, 7) is 5.64. The molecule has 1 saturated heterocycles. The van der Waals surface area contributed by atoms with E-state index in [0.29, 0.717) is 19.6 Å². The average molecular weight is 506 g/mol. The molecule has 1 fully saturated rings. The minimum atomic E-state index is -0.732. The van der Waals surface area contributed by atoms with Crippen LogP contribution >= 0.6 is 0 Å². The zero-order chi connectivity index (χ0) is 26.0. The van der Waals surface area contributed by atoms with Crippen LogP contribution < -0.4 is 10.1 Å². The van der Waals surface area contributed by atoms with Crippen molar-refractivity contribution in [2.45, 2.75) is 25.0 Å². The summed E-state index contributed by atoms with van der Waals surface area (Å²) >= 11 is 0. The third kappa shape index (κ3) is 7.86. The van der Waals surface area contributed by atoms with Gasteiger partial charge in [-0.25, -0.2) is 4.39 Å². The van der Waals surface area contributed by atoms with Gasteiger partial charge >= 0.3 is 0 Å². The molecule has 2 unspecified atom stereocenters. The minimum absolute atomic E-state index is 0.0100. The third-order valence-electron chi connectivity index (χ3n) is 6.84. The van der Waals surface area contributed by atoms with Crippen molar-refractivity contribution in [1.29, 1.82) is 0 Å². The highest BCUT2D eigenvalue weighted by Gasteiger charge is 2.27. The standard InChI is InChI=1S/C30H36FN3O3/c1-23-19-33(16-17-34(23)20-26(35)22-37-29-15-9-8-14-28(29)31)21-30(36)32-18-27(24-10-4-2-5-11-24)25-12-6-3-7-13-25/h2-15,23,26-27,35H,16-22H2,1H3,(H,32,36). The van der Waals surface area contributed by atoms with Crippen molar-refractivity contribution in [3.63, 3.8) is 0 Å². The second kappa shape index (κ2) is 13.3. The second-order valence-electron chi connectivity index (χ2n) is 9.65. The Balaban J connectivity index is 1.22. The van der Waals surface area contributed by atoms with Crippen molar-refractivity contribution in [2.24, 2.45) is 0 Å². The van der Waals surface area contributed by atoms with E-state index in [-0.39, 0.29) is 30.2 Å². The molecular formula is C30H36FN3O3. The molecule has 1 aliphatic rings. The first kappa shape index (κ1) is 26.8. The van der Waals surface area contributed by atoms with Crippen LogP contribution in [0.5, 0.6) is 5.75 Å². The summed E-state index contributed by atoms with van der Waals surface area (Å²) in [5, 5.41) is 13.6. The van der Waals surface area contributed by atoms with Gasteiger partial charge in [-0.2, -0.15) is 0 Å². The van der Waals surface area contributed by atoms with E-state index in [0.717, 1.165) is 19.6 Å². The van der Waals surface area contributed by atoms with E-state index < -0.39 is 11.9 Å². The number of para-hydroxylation sites is 1. The third-order valence-corrected chi connectivity index (χ3v) is 6.84. The second-order valence-corrected chi connectivity index (χ2v) is 9.65. The maximum absolute atomic E-state index is 13.7. The number of carbonyl (C=O) groups excluding carboxylic acids is 1. The first-order valence-electron chi connectivity index (χ1n) is 12.9. The number of nitrogens with zero attached hydrogens (tertiary/aromatic N) is 2. The topological polar surface area (TPSA) is 65.0 Å². The molecule has 4 rings (SSSR count). The van der Waals surface area contributed by atoms with Crippen LogP contribution in [0, 0.1) is 5.82 Å². The maximum atomic E-state index is 13.7. The first-order valence-corrected chi connectivity index (χ1v) is 12.9. The molecule has 6 nitrogen and oxygen atoms in total. The Morgan fingerprint density at radius 1 is 1.00 bits per heavy atom. The Hall–Kier alpha value is -3.26. The summed E-state index contributed by atoms with van der Waals surface area (Å²) in [6.07, 6.45) is -0.732. The number of hydrogen-bond acceptors (Lipinski definition) is 5. The molecule has 1 aliphatic heterocycles. The molecule has 3 aromatic rings. The van der Waals surface area contributed by atoms with Crippen molar-refractivity contribution >= 4 is 5.91 Å². The van der Waals surface area contributed by atoms with Gasteiger partial charge in [-0.1, -0.05) is 72.8 Å².